The molecule has 2 rings (SSSR count). The van der Waals surface area contributed by atoms with Gasteiger partial charge in [-0.05, 0) is 46.3 Å². The Labute approximate surface area is 127 Å². The first-order valence-corrected chi connectivity index (χ1v) is 6.67. The van der Waals surface area contributed by atoms with Crippen LogP contribution in [0.15, 0.2) is 46.9 Å². The maximum atomic E-state index is 12.5. The number of hydrogen-bond donors (Lipinski definition) is 0. The Morgan fingerprint density at radius 1 is 1.10 bits per heavy atom. The van der Waals surface area contributed by atoms with Gasteiger partial charge in [-0.15, -0.1) is 0 Å². The molecule has 0 bridgehead atoms. The van der Waals surface area contributed by atoms with Gasteiger partial charge in [-0.25, -0.2) is 0 Å². The summed E-state index contributed by atoms with van der Waals surface area (Å²) in [6, 6.07) is 8.92. The summed E-state index contributed by atoms with van der Waals surface area (Å²) >= 11 is 3.25. The summed E-state index contributed by atoms with van der Waals surface area (Å²) in [5.41, 5.74) is -0.239. The van der Waals surface area contributed by atoms with Crippen LogP contribution in [0.25, 0.3) is 0 Å². The molecule has 0 atom stereocenters. The Hall–Kier alpha value is -1.82. The fourth-order valence-electron chi connectivity index (χ4n) is 1.77. The van der Waals surface area contributed by atoms with Crippen molar-refractivity contribution in [2.75, 3.05) is 7.11 Å². The van der Waals surface area contributed by atoms with E-state index in [0.29, 0.717) is 15.8 Å². The molecule has 0 heterocycles. The number of rotatable bonds is 3. The van der Waals surface area contributed by atoms with E-state index in [4.69, 9.17) is 4.74 Å². The van der Waals surface area contributed by atoms with E-state index in [9.17, 15) is 18.0 Å². The van der Waals surface area contributed by atoms with E-state index in [1.807, 2.05) is 0 Å². The minimum atomic E-state index is -4.41. The average molecular weight is 359 g/mol. The van der Waals surface area contributed by atoms with Crippen LogP contribution in [0.3, 0.4) is 0 Å². The molecule has 2 aromatic carbocycles. The van der Waals surface area contributed by atoms with E-state index in [1.54, 1.807) is 18.2 Å². The maximum absolute atomic E-state index is 12.5. The first kappa shape index (κ1) is 15.6. The largest absolute Gasteiger partial charge is 0.497 e. The van der Waals surface area contributed by atoms with Gasteiger partial charge in [-0.2, -0.15) is 13.2 Å². The topological polar surface area (TPSA) is 26.3 Å². The Morgan fingerprint density at radius 3 is 2.19 bits per heavy atom. The van der Waals surface area contributed by atoms with Crippen molar-refractivity contribution in [1.82, 2.24) is 0 Å². The van der Waals surface area contributed by atoms with Gasteiger partial charge in [-0.1, -0.05) is 12.1 Å². The number of methoxy groups -OCH3 is 1. The average Bonchev–Trinajstić information content (AvgIpc) is 2.45. The summed E-state index contributed by atoms with van der Waals surface area (Å²) in [7, 11) is 1.50. The van der Waals surface area contributed by atoms with Crippen molar-refractivity contribution in [3.63, 3.8) is 0 Å². The van der Waals surface area contributed by atoms with Crippen molar-refractivity contribution < 1.29 is 22.7 Å². The molecule has 0 aromatic heterocycles. The zero-order chi connectivity index (χ0) is 15.6. The van der Waals surface area contributed by atoms with E-state index < -0.39 is 11.7 Å². The number of halogens is 4. The molecule has 0 unspecified atom stereocenters. The number of ether oxygens (including phenoxy) is 1. The van der Waals surface area contributed by atoms with Gasteiger partial charge in [-0.3, -0.25) is 4.79 Å². The maximum Gasteiger partial charge on any atom is 0.416 e. The molecule has 0 saturated carbocycles. The lowest BCUT2D eigenvalue weighted by Gasteiger charge is -2.09. The standard InChI is InChI=1S/C15H10BrF3O2/c1-21-11-6-7-12(13(16)8-11)14(20)9-2-4-10(5-3-9)15(17,18)19/h2-8H,1H3. The molecule has 0 fully saturated rings. The summed E-state index contributed by atoms with van der Waals surface area (Å²) in [6.45, 7) is 0. The number of ketones is 1. The molecule has 0 aliphatic heterocycles. The number of carbonyl (C=O) groups excluding carboxylic acids is 1. The number of carbonyl (C=O) groups is 1. The molecule has 0 radical (unpaired) electrons. The molecule has 0 amide bonds. The summed E-state index contributed by atoms with van der Waals surface area (Å²) in [6.07, 6.45) is -4.41. The van der Waals surface area contributed by atoms with E-state index in [0.717, 1.165) is 12.1 Å². The number of benzene rings is 2. The van der Waals surface area contributed by atoms with E-state index >= 15 is 0 Å². The molecule has 0 aliphatic rings. The summed E-state index contributed by atoms with van der Waals surface area (Å²) in [5.74, 6) is 0.212. The fourth-order valence-corrected chi connectivity index (χ4v) is 2.31. The van der Waals surface area contributed by atoms with Crippen LogP contribution in [0.1, 0.15) is 21.5 Å². The predicted molar refractivity (Wildman–Crippen MR) is 75.6 cm³/mol. The molecule has 0 spiro atoms. The van der Waals surface area contributed by atoms with Crippen LogP contribution in [0, 0.1) is 0 Å². The normalized spacial score (nSPS) is 11.3. The second kappa shape index (κ2) is 5.89. The molecular formula is C15H10BrF3O2. The fraction of sp³-hybridized carbons (Fsp3) is 0.133. The van der Waals surface area contributed by atoms with Crippen LogP contribution in [0.4, 0.5) is 13.2 Å². The summed E-state index contributed by atoms with van der Waals surface area (Å²) < 4.78 is 43.0. The van der Waals surface area contributed by atoms with Crippen LogP contribution in [0.2, 0.25) is 0 Å². The molecule has 2 aromatic rings. The molecular weight excluding hydrogens is 349 g/mol. The lowest BCUT2D eigenvalue weighted by Crippen LogP contribution is -2.07. The van der Waals surface area contributed by atoms with E-state index in [-0.39, 0.29) is 11.3 Å². The van der Waals surface area contributed by atoms with Crippen LogP contribution in [-0.4, -0.2) is 12.9 Å². The van der Waals surface area contributed by atoms with Crippen molar-refractivity contribution in [2.45, 2.75) is 6.18 Å². The third kappa shape index (κ3) is 3.44. The minimum Gasteiger partial charge on any atom is -0.497 e. The Bertz CT molecular complexity index is 664. The molecule has 0 aliphatic carbocycles. The monoisotopic (exact) mass is 358 g/mol. The van der Waals surface area contributed by atoms with Crippen molar-refractivity contribution in [1.29, 1.82) is 0 Å². The second-order valence-corrected chi connectivity index (χ2v) is 5.10. The van der Waals surface area contributed by atoms with Gasteiger partial charge in [0.05, 0.1) is 12.7 Å². The van der Waals surface area contributed by atoms with E-state index in [1.165, 1.54) is 19.2 Å². The van der Waals surface area contributed by atoms with Crippen LogP contribution in [-0.2, 0) is 6.18 Å². The molecule has 0 N–H and O–H groups in total. The highest BCUT2D eigenvalue weighted by atomic mass is 79.9. The SMILES string of the molecule is COc1ccc(C(=O)c2ccc(C(F)(F)F)cc2)c(Br)c1. The Kier molecular flexibility index (Phi) is 4.37. The Morgan fingerprint density at radius 2 is 1.71 bits per heavy atom. The lowest BCUT2D eigenvalue weighted by atomic mass is 10.0. The highest BCUT2D eigenvalue weighted by Crippen LogP contribution is 2.30. The number of alkyl halides is 3. The van der Waals surface area contributed by atoms with Gasteiger partial charge in [0.25, 0.3) is 0 Å². The van der Waals surface area contributed by atoms with Crippen LogP contribution >= 0.6 is 15.9 Å². The highest BCUT2D eigenvalue weighted by molar-refractivity contribution is 9.10. The molecule has 110 valence electrons. The van der Waals surface area contributed by atoms with Gasteiger partial charge >= 0.3 is 6.18 Å². The zero-order valence-corrected chi connectivity index (χ0v) is 12.5. The lowest BCUT2D eigenvalue weighted by molar-refractivity contribution is -0.137. The third-order valence-corrected chi connectivity index (χ3v) is 3.55. The van der Waals surface area contributed by atoms with Gasteiger partial charge in [0.15, 0.2) is 5.78 Å². The van der Waals surface area contributed by atoms with Crippen molar-refractivity contribution in [3.05, 3.63) is 63.6 Å². The van der Waals surface area contributed by atoms with Gasteiger partial charge in [0.1, 0.15) is 5.75 Å². The van der Waals surface area contributed by atoms with Crippen molar-refractivity contribution >= 4 is 21.7 Å². The zero-order valence-electron chi connectivity index (χ0n) is 10.9. The molecule has 21 heavy (non-hydrogen) atoms. The first-order valence-electron chi connectivity index (χ1n) is 5.88. The van der Waals surface area contributed by atoms with Gasteiger partial charge in [0.2, 0.25) is 0 Å². The van der Waals surface area contributed by atoms with E-state index in [2.05, 4.69) is 15.9 Å². The molecule has 2 nitrogen and oxygen atoms in total. The summed E-state index contributed by atoms with van der Waals surface area (Å²) in [4.78, 5) is 12.3. The summed E-state index contributed by atoms with van der Waals surface area (Å²) in [5, 5.41) is 0. The first-order chi connectivity index (χ1) is 9.82. The van der Waals surface area contributed by atoms with Crippen molar-refractivity contribution in [3.8, 4) is 5.75 Å². The van der Waals surface area contributed by atoms with Gasteiger partial charge in [0, 0.05) is 15.6 Å². The molecule has 0 saturated heterocycles. The highest BCUT2D eigenvalue weighted by Gasteiger charge is 2.30. The van der Waals surface area contributed by atoms with Crippen molar-refractivity contribution in [2.24, 2.45) is 0 Å². The third-order valence-electron chi connectivity index (χ3n) is 2.90. The van der Waals surface area contributed by atoms with Crippen LogP contribution < -0.4 is 4.74 Å². The smallest absolute Gasteiger partial charge is 0.416 e. The molecule has 6 heteroatoms. The Balaban J connectivity index is 2.32. The second-order valence-electron chi connectivity index (χ2n) is 4.25. The number of hydrogen-bond acceptors (Lipinski definition) is 2. The van der Waals surface area contributed by atoms with Crippen LogP contribution in [0.5, 0.6) is 5.75 Å². The van der Waals surface area contributed by atoms with Gasteiger partial charge < -0.3 is 4.74 Å². The quantitative estimate of drug-likeness (QED) is 0.743. The predicted octanol–water partition coefficient (Wildman–Crippen LogP) is 4.71. The minimum absolute atomic E-state index is 0.189.